The molecule has 2 unspecified atom stereocenters. The SMILES string of the molecule is O=C(c1ccccc1Cl)N1CCN(C(=O)C2CC(c3ccc(Br)cc3)NN2)CC1. The van der Waals surface area contributed by atoms with Gasteiger partial charge in [0, 0.05) is 36.7 Å². The molecule has 2 aromatic carbocycles. The van der Waals surface area contributed by atoms with Crippen LogP contribution in [-0.2, 0) is 4.79 Å². The van der Waals surface area contributed by atoms with E-state index in [1.165, 1.54) is 0 Å². The molecule has 2 aliphatic heterocycles. The second-order valence-electron chi connectivity index (χ2n) is 7.28. The zero-order valence-electron chi connectivity index (χ0n) is 15.8. The van der Waals surface area contributed by atoms with Gasteiger partial charge in [0.05, 0.1) is 10.6 Å². The molecule has 0 spiro atoms. The number of halogens is 2. The predicted octanol–water partition coefficient (Wildman–Crippen LogP) is 2.99. The van der Waals surface area contributed by atoms with Crippen LogP contribution in [0.2, 0.25) is 5.02 Å². The molecule has 2 aromatic rings. The first-order valence-electron chi connectivity index (χ1n) is 9.62. The van der Waals surface area contributed by atoms with Crippen molar-refractivity contribution in [1.82, 2.24) is 20.7 Å². The van der Waals surface area contributed by atoms with Gasteiger partial charge in [0.15, 0.2) is 0 Å². The van der Waals surface area contributed by atoms with E-state index in [0.29, 0.717) is 43.2 Å². The van der Waals surface area contributed by atoms with Crippen molar-refractivity contribution in [3.63, 3.8) is 0 Å². The van der Waals surface area contributed by atoms with E-state index in [1.807, 2.05) is 17.0 Å². The Morgan fingerprint density at radius 1 is 0.931 bits per heavy atom. The smallest absolute Gasteiger partial charge is 0.255 e. The fourth-order valence-corrected chi connectivity index (χ4v) is 4.27. The van der Waals surface area contributed by atoms with E-state index in [4.69, 9.17) is 11.6 Å². The summed E-state index contributed by atoms with van der Waals surface area (Å²) in [6.07, 6.45) is 0.694. The summed E-state index contributed by atoms with van der Waals surface area (Å²) in [6.45, 7) is 2.06. The molecular weight excluding hydrogens is 456 g/mol. The quantitative estimate of drug-likeness (QED) is 0.713. The minimum Gasteiger partial charge on any atom is -0.338 e. The van der Waals surface area contributed by atoms with Crippen molar-refractivity contribution >= 4 is 39.3 Å². The number of hydrazine groups is 1. The zero-order chi connectivity index (χ0) is 20.4. The van der Waals surface area contributed by atoms with E-state index in [0.717, 1.165) is 10.0 Å². The average Bonchev–Trinajstić information content (AvgIpc) is 3.24. The molecule has 2 atom stereocenters. The van der Waals surface area contributed by atoms with Gasteiger partial charge in [-0.15, -0.1) is 0 Å². The maximum absolute atomic E-state index is 12.9. The molecule has 2 aliphatic rings. The number of benzene rings is 2. The molecule has 6 nitrogen and oxygen atoms in total. The van der Waals surface area contributed by atoms with E-state index in [2.05, 4.69) is 38.9 Å². The lowest BCUT2D eigenvalue weighted by Gasteiger charge is -2.36. The summed E-state index contributed by atoms with van der Waals surface area (Å²) in [7, 11) is 0. The number of nitrogens with one attached hydrogen (secondary N) is 2. The Kier molecular flexibility index (Phi) is 6.20. The van der Waals surface area contributed by atoms with Crippen molar-refractivity contribution < 1.29 is 9.59 Å². The molecule has 2 fully saturated rings. The summed E-state index contributed by atoms with van der Waals surface area (Å²) in [5.41, 5.74) is 8.01. The molecule has 0 radical (unpaired) electrons. The highest BCUT2D eigenvalue weighted by Crippen LogP contribution is 2.25. The lowest BCUT2D eigenvalue weighted by Crippen LogP contribution is -2.54. The van der Waals surface area contributed by atoms with Crippen LogP contribution in [0.25, 0.3) is 0 Å². The first-order valence-corrected chi connectivity index (χ1v) is 10.8. The maximum atomic E-state index is 12.9. The molecule has 4 rings (SSSR count). The number of carbonyl (C=O) groups excluding carboxylic acids is 2. The van der Waals surface area contributed by atoms with Crippen LogP contribution in [0.15, 0.2) is 53.0 Å². The van der Waals surface area contributed by atoms with Gasteiger partial charge < -0.3 is 9.80 Å². The molecule has 8 heteroatoms. The molecular formula is C21H22BrClN4O2. The average molecular weight is 478 g/mol. The third kappa shape index (κ3) is 4.48. The van der Waals surface area contributed by atoms with Gasteiger partial charge in [0.25, 0.3) is 5.91 Å². The number of piperazine rings is 1. The molecule has 29 heavy (non-hydrogen) atoms. The Labute approximate surface area is 183 Å². The Balaban J connectivity index is 1.32. The van der Waals surface area contributed by atoms with Crippen molar-refractivity contribution in [2.75, 3.05) is 26.2 Å². The van der Waals surface area contributed by atoms with Gasteiger partial charge in [-0.1, -0.05) is 51.8 Å². The summed E-state index contributed by atoms with van der Waals surface area (Å²) in [5, 5.41) is 0.455. The summed E-state index contributed by atoms with van der Waals surface area (Å²) < 4.78 is 1.03. The minimum atomic E-state index is -0.269. The van der Waals surface area contributed by atoms with Crippen molar-refractivity contribution in [2.45, 2.75) is 18.5 Å². The summed E-state index contributed by atoms with van der Waals surface area (Å²) in [4.78, 5) is 29.2. The second kappa shape index (κ2) is 8.83. The second-order valence-corrected chi connectivity index (χ2v) is 8.60. The molecule has 0 aliphatic carbocycles. The van der Waals surface area contributed by atoms with Gasteiger partial charge in [-0.05, 0) is 36.2 Å². The normalized spacial score (nSPS) is 22.0. The third-order valence-corrected chi connectivity index (χ3v) is 6.31. The topological polar surface area (TPSA) is 64.7 Å². The van der Waals surface area contributed by atoms with Gasteiger partial charge in [0.1, 0.15) is 6.04 Å². The first-order chi connectivity index (χ1) is 14.0. The van der Waals surface area contributed by atoms with Crippen molar-refractivity contribution in [3.8, 4) is 0 Å². The van der Waals surface area contributed by atoms with Crippen LogP contribution in [0.5, 0.6) is 0 Å². The Bertz CT molecular complexity index is 900. The Morgan fingerprint density at radius 2 is 1.59 bits per heavy atom. The molecule has 152 valence electrons. The van der Waals surface area contributed by atoms with Gasteiger partial charge in [0.2, 0.25) is 5.91 Å². The van der Waals surface area contributed by atoms with Crippen LogP contribution in [0.1, 0.15) is 28.4 Å². The van der Waals surface area contributed by atoms with E-state index in [1.54, 1.807) is 29.2 Å². The van der Waals surface area contributed by atoms with E-state index in [-0.39, 0.29) is 23.9 Å². The van der Waals surface area contributed by atoms with Crippen LogP contribution in [0.3, 0.4) is 0 Å². The lowest BCUT2D eigenvalue weighted by atomic mass is 10.0. The largest absolute Gasteiger partial charge is 0.338 e. The highest BCUT2D eigenvalue weighted by atomic mass is 79.9. The van der Waals surface area contributed by atoms with E-state index in [9.17, 15) is 9.59 Å². The highest BCUT2D eigenvalue weighted by Gasteiger charge is 2.34. The molecule has 0 saturated carbocycles. The summed E-state index contributed by atoms with van der Waals surface area (Å²) in [5.74, 6) is -0.0133. The fraction of sp³-hybridized carbons (Fsp3) is 0.333. The summed E-state index contributed by atoms with van der Waals surface area (Å²) >= 11 is 9.59. The lowest BCUT2D eigenvalue weighted by molar-refractivity contribution is -0.134. The number of hydrogen-bond donors (Lipinski definition) is 2. The van der Waals surface area contributed by atoms with Crippen molar-refractivity contribution in [3.05, 3.63) is 69.2 Å². The van der Waals surface area contributed by atoms with Gasteiger partial charge >= 0.3 is 0 Å². The summed E-state index contributed by atoms with van der Waals surface area (Å²) in [6, 6.07) is 15.0. The molecule has 2 saturated heterocycles. The minimum absolute atomic E-state index is 0.0713. The molecule has 2 heterocycles. The zero-order valence-corrected chi connectivity index (χ0v) is 18.1. The van der Waals surface area contributed by atoms with Crippen LogP contribution < -0.4 is 10.9 Å². The van der Waals surface area contributed by atoms with Crippen LogP contribution in [0.4, 0.5) is 0 Å². The number of nitrogens with zero attached hydrogens (tertiary/aromatic N) is 2. The Morgan fingerprint density at radius 3 is 2.28 bits per heavy atom. The molecule has 2 N–H and O–H groups in total. The highest BCUT2D eigenvalue weighted by molar-refractivity contribution is 9.10. The predicted molar refractivity (Wildman–Crippen MR) is 115 cm³/mol. The number of hydrogen-bond acceptors (Lipinski definition) is 4. The van der Waals surface area contributed by atoms with E-state index < -0.39 is 0 Å². The van der Waals surface area contributed by atoms with Gasteiger partial charge in [-0.3, -0.25) is 9.59 Å². The van der Waals surface area contributed by atoms with Crippen molar-refractivity contribution in [2.24, 2.45) is 0 Å². The molecule has 0 aromatic heterocycles. The fourth-order valence-electron chi connectivity index (χ4n) is 3.79. The number of carbonyl (C=O) groups is 2. The van der Waals surface area contributed by atoms with Gasteiger partial charge in [-0.2, -0.15) is 0 Å². The maximum Gasteiger partial charge on any atom is 0.255 e. The molecule has 0 bridgehead atoms. The number of rotatable bonds is 3. The van der Waals surface area contributed by atoms with E-state index >= 15 is 0 Å². The standard InChI is InChI=1S/C21H22BrClN4O2/c22-15-7-5-14(6-8-15)18-13-19(25-24-18)21(29)27-11-9-26(10-12-27)20(28)16-3-1-2-4-17(16)23/h1-8,18-19,24-25H,9-13H2. The molecule has 2 amide bonds. The monoisotopic (exact) mass is 476 g/mol. The number of amides is 2. The first kappa shape index (κ1) is 20.3. The van der Waals surface area contributed by atoms with Gasteiger partial charge in [-0.25, -0.2) is 10.9 Å². The third-order valence-electron chi connectivity index (χ3n) is 5.46. The van der Waals surface area contributed by atoms with Crippen molar-refractivity contribution in [1.29, 1.82) is 0 Å². The van der Waals surface area contributed by atoms with Crippen LogP contribution in [-0.4, -0.2) is 53.8 Å². The van der Waals surface area contributed by atoms with Crippen LogP contribution in [0, 0.1) is 0 Å². The van der Waals surface area contributed by atoms with Crippen LogP contribution >= 0.6 is 27.5 Å². The Hall–Kier alpha value is -1.93.